The summed E-state index contributed by atoms with van der Waals surface area (Å²) in [5.41, 5.74) is 1.99. The lowest BCUT2D eigenvalue weighted by molar-refractivity contribution is -0.137. The van der Waals surface area contributed by atoms with Crippen molar-refractivity contribution in [2.75, 3.05) is 33.9 Å². The van der Waals surface area contributed by atoms with Crippen molar-refractivity contribution < 1.29 is 28.7 Å². The minimum atomic E-state index is -0.939. The van der Waals surface area contributed by atoms with Crippen LogP contribution in [-0.4, -0.2) is 94.7 Å². The second-order valence-corrected chi connectivity index (χ2v) is 11.7. The van der Waals surface area contributed by atoms with Crippen LogP contribution in [0, 0.1) is 5.92 Å². The molecule has 0 saturated carbocycles. The Morgan fingerprint density at radius 2 is 1.83 bits per heavy atom. The molecule has 2 heterocycles. The Balaban J connectivity index is 1.67. The number of benzene rings is 2. The molecule has 0 radical (unpaired) electrons. The van der Waals surface area contributed by atoms with E-state index in [2.05, 4.69) is 31.5 Å². The predicted octanol–water partition coefficient (Wildman–Crippen LogP) is 1.15. The van der Waals surface area contributed by atoms with Crippen LogP contribution in [0.25, 0.3) is 0 Å². The van der Waals surface area contributed by atoms with E-state index in [-0.39, 0.29) is 43.8 Å². The molecule has 0 fully saturated rings. The van der Waals surface area contributed by atoms with Gasteiger partial charge in [0, 0.05) is 31.1 Å². The van der Waals surface area contributed by atoms with Crippen molar-refractivity contribution in [2.45, 2.75) is 58.2 Å². The van der Waals surface area contributed by atoms with Gasteiger partial charge in [-0.2, -0.15) is 0 Å². The quantitative estimate of drug-likeness (QED) is 0.329. The Hall–Kier alpha value is -5.01. The van der Waals surface area contributed by atoms with Gasteiger partial charge in [0.05, 0.1) is 20.8 Å². The summed E-state index contributed by atoms with van der Waals surface area (Å²) in [6.45, 7) is 4.05. The maximum Gasteiger partial charge on any atom is 0.251 e. The first-order valence-electron chi connectivity index (χ1n) is 15.3. The molecular formula is C32H42N8O6. The van der Waals surface area contributed by atoms with Crippen LogP contribution >= 0.6 is 0 Å². The van der Waals surface area contributed by atoms with Gasteiger partial charge in [-0.25, -0.2) is 4.68 Å². The summed E-state index contributed by atoms with van der Waals surface area (Å²) < 4.78 is 12.1. The molecule has 0 spiro atoms. The molecule has 0 aliphatic carbocycles. The Morgan fingerprint density at radius 1 is 1.04 bits per heavy atom. The largest absolute Gasteiger partial charge is 0.497 e. The van der Waals surface area contributed by atoms with E-state index in [1.165, 1.54) is 15.9 Å². The average Bonchev–Trinajstić information content (AvgIpc) is 3.55. The molecule has 2 aromatic carbocycles. The molecule has 246 valence electrons. The first-order chi connectivity index (χ1) is 22.1. The number of tetrazole rings is 1. The van der Waals surface area contributed by atoms with E-state index < -0.39 is 23.9 Å². The molecule has 4 amide bonds. The van der Waals surface area contributed by atoms with Crippen LogP contribution in [0.15, 0.2) is 48.8 Å². The molecule has 1 aromatic heterocycles. The van der Waals surface area contributed by atoms with Crippen LogP contribution in [0.5, 0.6) is 11.5 Å². The van der Waals surface area contributed by atoms with Gasteiger partial charge in [0.1, 0.15) is 30.4 Å². The van der Waals surface area contributed by atoms with Crippen molar-refractivity contribution in [3.8, 4) is 11.5 Å². The number of hydrogen-bond donors (Lipinski definition) is 3. The highest BCUT2D eigenvalue weighted by molar-refractivity contribution is 5.98. The molecule has 1 aliphatic rings. The third-order valence-electron chi connectivity index (χ3n) is 7.63. The summed E-state index contributed by atoms with van der Waals surface area (Å²) >= 11 is 0. The van der Waals surface area contributed by atoms with Gasteiger partial charge in [-0.05, 0) is 77.1 Å². The molecule has 1 aliphatic heterocycles. The van der Waals surface area contributed by atoms with Crippen molar-refractivity contribution in [3.63, 3.8) is 0 Å². The SMILES string of the molecule is COc1ccc(C[C@@H]2NC(=O)c3ccc(OC)c(c3)CCCNC(=O)CN(C(=O)Cn3cnnn3)C[C@H](CC(C)C)NC2=O)cc1. The molecule has 0 saturated heterocycles. The van der Waals surface area contributed by atoms with Crippen LogP contribution in [-0.2, 0) is 33.8 Å². The lowest BCUT2D eigenvalue weighted by Crippen LogP contribution is -2.55. The van der Waals surface area contributed by atoms with Crippen molar-refractivity contribution in [2.24, 2.45) is 5.92 Å². The van der Waals surface area contributed by atoms with Crippen LogP contribution in [0.2, 0.25) is 0 Å². The number of carbonyl (C=O) groups excluding carboxylic acids is 4. The van der Waals surface area contributed by atoms with Gasteiger partial charge in [0.2, 0.25) is 17.7 Å². The van der Waals surface area contributed by atoms with Crippen LogP contribution in [0.1, 0.15) is 48.2 Å². The molecule has 14 nitrogen and oxygen atoms in total. The average molecular weight is 635 g/mol. The number of aromatic nitrogens is 4. The van der Waals surface area contributed by atoms with E-state index >= 15 is 0 Å². The molecule has 0 unspecified atom stereocenters. The highest BCUT2D eigenvalue weighted by atomic mass is 16.5. The number of nitrogens with zero attached hydrogens (tertiary/aromatic N) is 5. The fourth-order valence-corrected chi connectivity index (χ4v) is 5.36. The van der Waals surface area contributed by atoms with E-state index in [0.717, 1.165) is 11.1 Å². The molecule has 46 heavy (non-hydrogen) atoms. The number of carbonyl (C=O) groups is 4. The summed E-state index contributed by atoms with van der Waals surface area (Å²) in [6.07, 6.45) is 3.15. The Morgan fingerprint density at radius 3 is 2.50 bits per heavy atom. The number of ether oxygens (including phenoxy) is 2. The third-order valence-corrected chi connectivity index (χ3v) is 7.63. The summed E-state index contributed by atoms with van der Waals surface area (Å²) in [6, 6.07) is 11.0. The lowest BCUT2D eigenvalue weighted by atomic mass is 10.0. The van der Waals surface area contributed by atoms with Crippen molar-refractivity contribution >= 4 is 23.6 Å². The molecule has 4 rings (SSSR count). The van der Waals surface area contributed by atoms with E-state index in [1.807, 2.05) is 26.0 Å². The van der Waals surface area contributed by atoms with Gasteiger partial charge in [-0.1, -0.05) is 26.0 Å². The highest BCUT2D eigenvalue weighted by Crippen LogP contribution is 2.22. The second kappa shape index (κ2) is 16.3. The lowest BCUT2D eigenvalue weighted by Gasteiger charge is -2.30. The molecule has 3 aromatic rings. The summed E-state index contributed by atoms with van der Waals surface area (Å²) in [5, 5.41) is 19.8. The van der Waals surface area contributed by atoms with Crippen molar-refractivity contribution in [3.05, 3.63) is 65.5 Å². The molecule has 3 N–H and O–H groups in total. The van der Waals surface area contributed by atoms with Gasteiger partial charge < -0.3 is 30.3 Å². The van der Waals surface area contributed by atoms with E-state index in [4.69, 9.17) is 9.47 Å². The van der Waals surface area contributed by atoms with Crippen molar-refractivity contribution in [1.29, 1.82) is 0 Å². The maximum absolute atomic E-state index is 14.0. The molecule has 14 heteroatoms. The summed E-state index contributed by atoms with van der Waals surface area (Å²) in [4.78, 5) is 55.4. The van der Waals surface area contributed by atoms with Crippen LogP contribution in [0.4, 0.5) is 0 Å². The third kappa shape index (κ3) is 9.74. The van der Waals surface area contributed by atoms with E-state index in [9.17, 15) is 19.2 Å². The number of nitrogens with one attached hydrogen (secondary N) is 3. The minimum absolute atomic E-state index is 0.0689. The Kier molecular flexibility index (Phi) is 12.0. The number of aryl methyl sites for hydroxylation is 1. The number of hydrogen-bond acceptors (Lipinski definition) is 9. The smallest absolute Gasteiger partial charge is 0.251 e. The standard InChI is InChI=1S/C32H42N8O6/c1-21(2)14-25-17-39(30(42)19-40-20-34-37-38-40)18-29(41)33-13-5-6-23-16-24(9-12-28(23)46-4)31(43)36-27(32(44)35-25)15-22-7-10-26(45-3)11-8-22/h7-12,16,20-21,25,27H,5-6,13-15,17-19H2,1-4H3,(H,33,41)(H,35,44)(H,36,43)/t25-,27-/m0/s1. The normalized spacial score (nSPS) is 18.3. The Labute approximate surface area is 268 Å². The molecule has 2 bridgehead atoms. The zero-order valence-corrected chi connectivity index (χ0v) is 26.7. The second-order valence-electron chi connectivity index (χ2n) is 11.7. The Bertz CT molecular complexity index is 1480. The van der Waals surface area contributed by atoms with Crippen molar-refractivity contribution in [1.82, 2.24) is 41.1 Å². The fourth-order valence-electron chi connectivity index (χ4n) is 5.36. The monoisotopic (exact) mass is 634 g/mol. The molecule has 2 atom stereocenters. The number of amides is 4. The molecular weight excluding hydrogens is 592 g/mol. The fraction of sp³-hybridized carbons (Fsp3) is 0.469. The topological polar surface area (TPSA) is 170 Å². The van der Waals surface area contributed by atoms with Gasteiger partial charge in [-0.15, -0.1) is 5.10 Å². The minimum Gasteiger partial charge on any atom is -0.497 e. The van der Waals surface area contributed by atoms with Gasteiger partial charge in [-0.3, -0.25) is 19.2 Å². The van der Waals surface area contributed by atoms with Crippen LogP contribution < -0.4 is 25.4 Å². The van der Waals surface area contributed by atoms with Gasteiger partial charge in [0.25, 0.3) is 5.91 Å². The summed E-state index contributed by atoms with van der Waals surface area (Å²) in [7, 11) is 3.13. The number of methoxy groups -OCH3 is 2. The van der Waals surface area contributed by atoms with Gasteiger partial charge >= 0.3 is 0 Å². The number of rotatable bonds is 8. The number of fused-ring (bicyclic) bond motifs is 2. The highest BCUT2D eigenvalue weighted by Gasteiger charge is 2.28. The first kappa shape index (κ1) is 33.9. The zero-order valence-electron chi connectivity index (χ0n) is 26.7. The van der Waals surface area contributed by atoms with E-state index in [0.29, 0.717) is 42.9 Å². The van der Waals surface area contributed by atoms with Gasteiger partial charge in [0.15, 0.2) is 0 Å². The first-order valence-corrected chi connectivity index (χ1v) is 15.3. The zero-order chi connectivity index (χ0) is 33.1. The van der Waals surface area contributed by atoms with Crippen LogP contribution in [0.3, 0.4) is 0 Å². The maximum atomic E-state index is 14.0. The van der Waals surface area contributed by atoms with E-state index in [1.54, 1.807) is 44.6 Å². The summed E-state index contributed by atoms with van der Waals surface area (Å²) in [5.74, 6) is -0.101. The predicted molar refractivity (Wildman–Crippen MR) is 168 cm³/mol.